The number of benzene rings is 6. The molecule has 0 fully saturated rings. The van der Waals surface area contributed by atoms with Crippen LogP contribution in [0.15, 0.2) is 130 Å². The van der Waals surface area contributed by atoms with Crippen LogP contribution >= 0.6 is 0 Å². The van der Waals surface area contributed by atoms with Gasteiger partial charge in [0.05, 0.1) is 33.0 Å². The molecule has 0 aliphatic carbocycles. The average Bonchev–Trinajstić information content (AvgIpc) is 3.09. The Hall–Kier alpha value is -6.63. The molecular formula is C32H23N7O13S3. The average molecular weight is 810 g/mol. The van der Waals surface area contributed by atoms with Crippen molar-refractivity contribution in [2.24, 2.45) is 30.7 Å². The van der Waals surface area contributed by atoms with Crippen LogP contribution in [0.25, 0.3) is 21.5 Å². The highest BCUT2D eigenvalue weighted by molar-refractivity contribution is 7.86. The number of phenolic OH excluding ortho intramolecular Hbond substituents is 4. The van der Waals surface area contributed by atoms with Gasteiger partial charge in [-0.05, 0) is 78.2 Å². The maximum atomic E-state index is 12.4. The molecule has 282 valence electrons. The molecule has 0 amide bonds. The van der Waals surface area contributed by atoms with E-state index >= 15 is 0 Å². The van der Waals surface area contributed by atoms with Gasteiger partial charge >= 0.3 is 0 Å². The summed E-state index contributed by atoms with van der Waals surface area (Å²) < 4.78 is 102. The molecule has 0 aliphatic heterocycles. The van der Waals surface area contributed by atoms with E-state index in [-0.39, 0.29) is 39.3 Å². The number of nitrogens with two attached hydrogens (primary N) is 1. The molecule has 0 unspecified atom stereocenters. The number of nitrogens with zero attached hydrogens (tertiary/aromatic N) is 6. The molecule has 23 heteroatoms. The monoisotopic (exact) mass is 809 g/mol. The topological polar surface area (TPSA) is 344 Å². The van der Waals surface area contributed by atoms with E-state index in [9.17, 15) is 59.3 Å². The van der Waals surface area contributed by atoms with Gasteiger partial charge in [0.2, 0.25) is 0 Å². The van der Waals surface area contributed by atoms with Crippen LogP contribution < -0.4 is 5.73 Å². The molecule has 0 saturated carbocycles. The molecule has 0 bridgehead atoms. The van der Waals surface area contributed by atoms with Gasteiger partial charge in [0.1, 0.15) is 44.1 Å². The summed E-state index contributed by atoms with van der Waals surface area (Å²) in [6.45, 7) is 0. The van der Waals surface area contributed by atoms with E-state index in [1.165, 1.54) is 54.6 Å². The van der Waals surface area contributed by atoms with Crippen molar-refractivity contribution in [1.82, 2.24) is 0 Å². The van der Waals surface area contributed by atoms with Crippen molar-refractivity contribution in [3.63, 3.8) is 0 Å². The minimum Gasteiger partial charge on any atom is -0.508 e. The Bertz CT molecular complexity index is 3010. The Kier molecular flexibility index (Phi) is 9.68. The predicted octanol–water partition coefficient (Wildman–Crippen LogP) is 7.38. The van der Waals surface area contributed by atoms with E-state index < -0.39 is 84.4 Å². The third-order valence-electron chi connectivity index (χ3n) is 7.68. The second kappa shape index (κ2) is 14.0. The number of azo groups is 3. The van der Waals surface area contributed by atoms with Gasteiger partial charge in [-0.2, -0.15) is 40.6 Å². The van der Waals surface area contributed by atoms with Crippen molar-refractivity contribution in [2.75, 3.05) is 5.73 Å². The molecule has 0 spiro atoms. The molecule has 55 heavy (non-hydrogen) atoms. The number of phenols is 4. The molecule has 0 atom stereocenters. The summed E-state index contributed by atoms with van der Waals surface area (Å²) in [7, 11) is -15.1. The summed E-state index contributed by atoms with van der Waals surface area (Å²) in [6.07, 6.45) is 0. The zero-order valence-corrected chi connectivity index (χ0v) is 29.6. The molecule has 6 rings (SSSR count). The summed E-state index contributed by atoms with van der Waals surface area (Å²) in [4.78, 5) is -2.68. The number of rotatable bonds is 9. The molecule has 6 aromatic carbocycles. The van der Waals surface area contributed by atoms with Gasteiger partial charge in [0.25, 0.3) is 30.4 Å². The van der Waals surface area contributed by atoms with Gasteiger partial charge in [-0.25, -0.2) is 0 Å². The fourth-order valence-electron chi connectivity index (χ4n) is 5.14. The third-order valence-corrected chi connectivity index (χ3v) is 10.3. The van der Waals surface area contributed by atoms with Crippen LogP contribution in [0.5, 0.6) is 23.0 Å². The van der Waals surface area contributed by atoms with Crippen LogP contribution in [0.3, 0.4) is 0 Å². The van der Waals surface area contributed by atoms with Crippen LogP contribution in [-0.2, 0) is 30.4 Å². The zero-order chi connectivity index (χ0) is 40.0. The van der Waals surface area contributed by atoms with E-state index in [4.69, 9.17) is 5.73 Å². The highest BCUT2D eigenvalue weighted by Crippen LogP contribution is 2.44. The van der Waals surface area contributed by atoms with E-state index in [1.54, 1.807) is 0 Å². The van der Waals surface area contributed by atoms with Crippen LogP contribution in [0.2, 0.25) is 0 Å². The van der Waals surface area contributed by atoms with Gasteiger partial charge < -0.3 is 26.2 Å². The first kappa shape index (κ1) is 38.1. The van der Waals surface area contributed by atoms with E-state index in [1.807, 2.05) is 0 Å². The highest BCUT2D eigenvalue weighted by atomic mass is 32.2. The number of nitrogen functional groups attached to an aromatic ring is 1. The lowest BCUT2D eigenvalue weighted by atomic mass is 10.1. The lowest BCUT2D eigenvalue weighted by Gasteiger charge is -2.12. The summed E-state index contributed by atoms with van der Waals surface area (Å²) >= 11 is 0. The second-order valence-electron chi connectivity index (χ2n) is 11.4. The van der Waals surface area contributed by atoms with Gasteiger partial charge in [-0.15, -0.1) is 15.3 Å². The van der Waals surface area contributed by atoms with Crippen LogP contribution in [-0.4, -0.2) is 59.3 Å². The van der Waals surface area contributed by atoms with Crippen molar-refractivity contribution in [2.45, 2.75) is 14.7 Å². The van der Waals surface area contributed by atoms with Crippen molar-refractivity contribution in [3.8, 4) is 23.0 Å². The van der Waals surface area contributed by atoms with Gasteiger partial charge in [-0.1, -0.05) is 0 Å². The van der Waals surface area contributed by atoms with Gasteiger partial charge in [-0.3, -0.25) is 13.7 Å². The largest absolute Gasteiger partial charge is 0.508 e. The fraction of sp³-hybridized carbons (Fsp3) is 0. The zero-order valence-electron chi connectivity index (χ0n) is 27.1. The quantitative estimate of drug-likeness (QED) is 0.0401. The normalized spacial score (nSPS) is 12.9. The lowest BCUT2D eigenvalue weighted by molar-refractivity contribution is 0.451. The van der Waals surface area contributed by atoms with E-state index in [0.717, 1.165) is 18.2 Å². The number of hydrogen-bond donors (Lipinski definition) is 8. The summed E-state index contributed by atoms with van der Waals surface area (Å²) in [5, 5.41) is 63.3. The van der Waals surface area contributed by atoms with Crippen LogP contribution in [0, 0.1) is 0 Å². The first-order chi connectivity index (χ1) is 25.7. The van der Waals surface area contributed by atoms with Gasteiger partial charge in [0, 0.05) is 22.9 Å². The summed E-state index contributed by atoms with van der Waals surface area (Å²) in [5.74, 6) is -2.05. The number of aromatic hydroxyl groups is 4. The first-order valence-corrected chi connectivity index (χ1v) is 19.2. The maximum Gasteiger partial charge on any atom is 0.296 e. The highest BCUT2D eigenvalue weighted by Gasteiger charge is 2.25. The Labute approximate surface area is 309 Å². The molecule has 0 aromatic heterocycles. The predicted molar refractivity (Wildman–Crippen MR) is 194 cm³/mol. The first-order valence-electron chi connectivity index (χ1n) is 14.9. The van der Waals surface area contributed by atoms with E-state index in [2.05, 4.69) is 30.7 Å². The Balaban J connectivity index is 1.34. The molecule has 0 saturated heterocycles. The van der Waals surface area contributed by atoms with E-state index in [0.29, 0.717) is 17.8 Å². The minimum absolute atomic E-state index is 0.00426. The SMILES string of the molecule is Nc1c(N=Nc2ccc3c(O)c(N=Nc4ccc(N=Nc5ccc(O)cc5O)cc4)c(S(=O)(=O)O)cc3c2)cc(S(=O)(=O)O)c2cc(S(=O)(=O)O)cc(O)c12. The maximum absolute atomic E-state index is 12.4. The molecule has 0 heterocycles. The minimum atomic E-state index is -5.12. The molecule has 9 N–H and O–H groups in total. The molecule has 20 nitrogen and oxygen atoms in total. The Morgan fingerprint density at radius 2 is 1.07 bits per heavy atom. The molecule has 0 radical (unpaired) electrons. The number of fused-ring (bicyclic) bond motifs is 2. The fourth-order valence-corrected chi connectivity index (χ4v) is 7.02. The number of hydrogen-bond acceptors (Lipinski definition) is 17. The smallest absolute Gasteiger partial charge is 0.296 e. The number of anilines is 1. The summed E-state index contributed by atoms with van der Waals surface area (Å²) in [5.41, 5.74) is 5.17. The van der Waals surface area contributed by atoms with Crippen molar-refractivity contribution < 1.29 is 59.3 Å². The lowest BCUT2D eigenvalue weighted by Crippen LogP contribution is -2.04. The Morgan fingerprint density at radius 3 is 1.67 bits per heavy atom. The van der Waals surface area contributed by atoms with Crippen molar-refractivity contribution in [1.29, 1.82) is 0 Å². The van der Waals surface area contributed by atoms with Crippen molar-refractivity contribution in [3.05, 3.63) is 84.9 Å². The second-order valence-corrected chi connectivity index (χ2v) is 15.6. The molecule has 6 aromatic rings. The third kappa shape index (κ3) is 8.00. The standard InChI is InChI=1S/C32H23N7O13S3/c33-30-24(14-27(54(47,48)49)22-12-20(53(44,45)46)13-26(42)29(22)30)38-36-18-5-7-21-15(9-18)10-28(55(50,51)52)31(32(21)43)39-35-17-3-1-16(2-4-17)34-37-23-8-6-19(40)11-25(23)41/h1-14,40-43H,33H2,(H,44,45,46)(H,47,48,49)(H,50,51,52). The Morgan fingerprint density at radius 1 is 0.491 bits per heavy atom. The van der Waals surface area contributed by atoms with Crippen LogP contribution in [0.1, 0.15) is 0 Å². The van der Waals surface area contributed by atoms with Crippen LogP contribution in [0.4, 0.5) is 39.8 Å². The van der Waals surface area contributed by atoms with Crippen molar-refractivity contribution >= 4 is 91.7 Å². The summed E-state index contributed by atoms with van der Waals surface area (Å²) in [6, 6.07) is 16.3. The molecule has 0 aliphatic rings. The molecular weight excluding hydrogens is 787 g/mol. The van der Waals surface area contributed by atoms with Gasteiger partial charge in [0.15, 0.2) is 5.75 Å².